The number of ether oxygens (including phenoxy) is 1. The topological polar surface area (TPSA) is 94.5 Å². The summed E-state index contributed by atoms with van der Waals surface area (Å²) in [5.41, 5.74) is 16.4. The standard InChI is InChI=1S/C34H34BrN7O/c1-18-7-8-37-32(38-18)25-11-24(25)30-29(19(2)28-13-41-12-21(20-3-4-20)9-26(35)33(41)40-28)31(42-14-34(15-42)16-43-17-34)23-6-5-22(36)10-27(23)39-30/h5-10,12-13,19-20,24-25H,3-4,11,14-17,36H2,1-2H3/t19-,24-,25-/m0/s1. The first-order chi connectivity index (χ1) is 20.9. The fraction of sp³-hybridized carbons (Fsp3) is 0.412. The Labute approximate surface area is 258 Å². The third kappa shape index (κ3) is 4.18. The number of rotatable bonds is 6. The summed E-state index contributed by atoms with van der Waals surface area (Å²) in [7, 11) is 0. The van der Waals surface area contributed by atoms with E-state index >= 15 is 0 Å². The van der Waals surface area contributed by atoms with Gasteiger partial charge in [-0.1, -0.05) is 6.92 Å². The van der Waals surface area contributed by atoms with E-state index in [1.54, 1.807) is 0 Å². The molecule has 0 amide bonds. The minimum absolute atomic E-state index is 0.0319. The maximum absolute atomic E-state index is 6.32. The summed E-state index contributed by atoms with van der Waals surface area (Å²) in [6, 6.07) is 10.4. The van der Waals surface area contributed by atoms with Crippen LogP contribution in [0.4, 0.5) is 11.4 Å². The molecule has 0 bridgehead atoms. The van der Waals surface area contributed by atoms with Gasteiger partial charge in [-0.15, -0.1) is 0 Å². The number of aromatic nitrogens is 5. The second-order valence-electron chi connectivity index (χ2n) is 13.4. The van der Waals surface area contributed by atoms with Crippen LogP contribution in [-0.4, -0.2) is 50.6 Å². The molecule has 9 heteroatoms. The average Bonchev–Trinajstić information content (AvgIpc) is 3.87. The number of anilines is 2. The van der Waals surface area contributed by atoms with Crippen molar-refractivity contribution in [3.8, 4) is 0 Å². The third-order valence-electron chi connectivity index (χ3n) is 9.99. The quantitative estimate of drug-likeness (QED) is 0.214. The minimum Gasteiger partial charge on any atom is -0.399 e. The van der Waals surface area contributed by atoms with Crippen LogP contribution in [0.15, 0.2) is 53.4 Å². The molecule has 5 aromatic rings. The van der Waals surface area contributed by atoms with Crippen molar-refractivity contribution in [1.82, 2.24) is 24.3 Å². The van der Waals surface area contributed by atoms with Gasteiger partial charge in [0.25, 0.3) is 0 Å². The highest BCUT2D eigenvalue weighted by atomic mass is 79.9. The summed E-state index contributed by atoms with van der Waals surface area (Å²) in [6.07, 6.45) is 9.90. The van der Waals surface area contributed by atoms with E-state index in [0.717, 1.165) is 82.3 Å². The molecule has 4 fully saturated rings. The monoisotopic (exact) mass is 635 g/mol. The fourth-order valence-corrected chi connectivity index (χ4v) is 7.92. The molecular weight excluding hydrogens is 602 g/mol. The Bertz CT molecular complexity index is 1940. The Balaban J connectivity index is 1.22. The van der Waals surface area contributed by atoms with Crippen LogP contribution in [0.2, 0.25) is 0 Å². The lowest BCUT2D eigenvalue weighted by molar-refractivity contribution is -0.127. The number of halogens is 1. The zero-order chi connectivity index (χ0) is 29.0. The van der Waals surface area contributed by atoms with Gasteiger partial charge in [0.1, 0.15) is 5.82 Å². The maximum atomic E-state index is 6.32. The largest absolute Gasteiger partial charge is 0.399 e. The second-order valence-corrected chi connectivity index (χ2v) is 14.3. The number of pyridine rings is 2. The summed E-state index contributed by atoms with van der Waals surface area (Å²) in [6.45, 7) is 8.00. The van der Waals surface area contributed by atoms with Crippen LogP contribution >= 0.6 is 15.9 Å². The molecule has 2 saturated heterocycles. The summed E-state index contributed by atoms with van der Waals surface area (Å²) < 4.78 is 8.91. The number of imidazole rings is 1. The summed E-state index contributed by atoms with van der Waals surface area (Å²) in [5, 5.41) is 1.15. The molecule has 218 valence electrons. The van der Waals surface area contributed by atoms with E-state index in [-0.39, 0.29) is 23.2 Å². The molecule has 9 rings (SSSR count). The summed E-state index contributed by atoms with van der Waals surface area (Å²) in [5.74, 6) is 2.12. The lowest BCUT2D eigenvalue weighted by atomic mass is 9.76. The van der Waals surface area contributed by atoms with Crippen molar-refractivity contribution in [2.75, 3.05) is 36.9 Å². The Hall–Kier alpha value is -3.56. The van der Waals surface area contributed by atoms with Crippen LogP contribution in [0.1, 0.15) is 83.9 Å². The van der Waals surface area contributed by atoms with Crippen molar-refractivity contribution in [3.63, 3.8) is 0 Å². The third-order valence-corrected chi connectivity index (χ3v) is 10.6. The molecule has 2 aliphatic heterocycles. The van der Waals surface area contributed by atoms with Gasteiger partial charge in [-0.3, -0.25) is 4.98 Å². The van der Waals surface area contributed by atoms with E-state index in [2.05, 4.69) is 61.7 Å². The number of nitrogen functional groups attached to an aromatic ring is 1. The Morgan fingerprint density at radius 2 is 1.88 bits per heavy atom. The van der Waals surface area contributed by atoms with Crippen molar-refractivity contribution in [3.05, 3.63) is 87.4 Å². The van der Waals surface area contributed by atoms with Gasteiger partial charge >= 0.3 is 0 Å². The first-order valence-electron chi connectivity index (χ1n) is 15.4. The SMILES string of the molecule is Cc1ccnc([C@H]2C[C@@H]2c2nc3cc(N)ccc3c(N3CC4(COC4)C3)c2[C@@H](C)c2cn3cc(C4CC4)cc(Br)c3n2)n1. The van der Waals surface area contributed by atoms with E-state index in [1.165, 1.54) is 29.7 Å². The molecule has 0 radical (unpaired) electrons. The van der Waals surface area contributed by atoms with Crippen LogP contribution in [0.25, 0.3) is 16.6 Å². The highest BCUT2D eigenvalue weighted by molar-refractivity contribution is 9.10. The van der Waals surface area contributed by atoms with Crippen LogP contribution in [0.3, 0.4) is 0 Å². The minimum atomic E-state index is 0.0319. The molecule has 1 aromatic carbocycles. The van der Waals surface area contributed by atoms with Gasteiger partial charge in [-0.2, -0.15) is 0 Å². The van der Waals surface area contributed by atoms with E-state index in [9.17, 15) is 0 Å². The van der Waals surface area contributed by atoms with Crippen molar-refractivity contribution in [2.45, 2.75) is 56.8 Å². The molecule has 4 aromatic heterocycles. The zero-order valence-corrected chi connectivity index (χ0v) is 26.0. The highest BCUT2D eigenvalue weighted by Gasteiger charge is 2.51. The smallest absolute Gasteiger partial charge is 0.151 e. The molecule has 43 heavy (non-hydrogen) atoms. The summed E-state index contributed by atoms with van der Waals surface area (Å²) >= 11 is 3.83. The van der Waals surface area contributed by atoms with Crippen LogP contribution < -0.4 is 10.6 Å². The first-order valence-corrected chi connectivity index (χ1v) is 16.2. The van der Waals surface area contributed by atoms with Gasteiger partial charge in [0.15, 0.2) is 5.65 Å². The number of nitrogens with two attached hydrogens (primary N) is 1. The number of hydrogen-bond acceptors (Lipinski definition) is 7. The number of nitrogens with zero attached hydrogens (tertiary/aromatic N) is 6. The van der Waals surface area contributed by atoms with Crippen LogP contribution in [0, 0.1) is 12.3 Å². The van der Waals surface area contributed by atoms with E-state index < -0.39 is 0 Å². The maximum Gasteiger partial charge on any atom is 0.151 e. The average molecular weight is 637 g/mol. The van der Waals surface area contributed by atoms with Crippen molar-refractivity contribution in [2.24, 2.45) is 5.41 Å². The van der Waals surface area contributed by atoms with Crippen LogP contribution in [0.5, 0.6) is 0 Å². The fourth-order valence-electron chi connectivity index (χ4n) is 7.37. The number of benzene rings is 1. The lowest BCUT2D eigenvalue weighted by Gasteiger charge is -2.56. The molecule has 2 aliphatic carbocycles. The van der Waals surface area contributed by atoms with Gasteiger partial charge < -0.3 is 19.8 Å². The van der Waals surface area contributed by atoms with Crippen LogP contribution in [-0.2, 0) is 4.74 Å². The highest BCUT2D eigenvalue weighted by Crippen LogP contribution is 2.57. The molecule has 8 nitrogen and oxygen atoms in total. The molecule has 3 atom stereocenters. The molecular formula is C34H34BrN7O. The second kappa shape index (κ2) is 9.22. The van der Waals surface area contributed by atoms with E-state index in [0.29, 0.717) is 5.92 Å². The van der Waals surface area contributed by atoms with Gasteiger partial charge in [0.05, 0.1) is 45.7 Å². The van der Waals surface area contributed by atoms with E-state index in [4.69, 9.17) is 25.4 Å². The number of aryl methyl sites for hydroxylation is 1. The van der Waals surface area contributed by atoms with Gasteiger partial charge in [0.2, 0.25) is 0 Å². The van der Waals surface area contributed by atoms with Gasteiger partial charge in [0, 0.05) is 71.8 Å². The number of hydrogen-bond donors (Lipinski definition) is 1. The van der Waals surface area contributed by atoms with E-state index in [1.807, 2.05) is 31.3 Å². The lowest BCUT2D eigenvalue weighted by Crippen LogP contribution is -2.66. The van der Waals surface area contributed by atoms with Crippen molar-refractivity contribution >= 4 is 43.9 Å². The van der Waals surface area contributed by atoms with Crippen molar-refractivity contribution in [1.29, 1.82) is 0 Å². The molecule has 0 unspecified atom stereocenters. The Morgan fingerprint density at radius 1 is 1.05 bits per heavy atom. The molecule has 2 saturated carbocycles. The normalized spacial score (nSPS) is 23.0. The Kier molecular flexibility index (Phi) is 5.55. The van der Waals surface area contributed by atoms with Gasteiger partial charge in [-0.05, 0) is 83.9 Å². The number of fused-ring (bicyclic) bond motifs is 2. The predicted octanol–water partition coefficient (Wildman–Crippen LogP) is 6.46. The molecule has 1 spiro atoms. The summed E-state index contributed by atoms with van der Waals surface area (Å²) in [4.78, 5) is 22.6. The zero-order valence-electron chi connectivity index (χ0n) is 24.4. The molecule has 4 aliphatic rings. The first kappa shape index (κ1) is 25.9. The Morgan fingerprint density at radius 3 is 2.63 bits per heavy atom. The van der Waals surface area contributed by atoms with Gasteiger partial charge in [-0.25, -0.2) is 15.0 Å². The molecule has 2 N–H and O–H groups in total. The van der Waals surface area contributed by atoms with Crippen molar-refractivity contribution < 1.29 is 4.74 Å². The predicted molar refractivity (Wildman–Crippen MR) is 171 cm³/mol. The molecule has 6 heterocycles.